The van der Waals surface area contributed by atoms with E-state index in [9.17, 15) is 13.2 Å². The fraction of sp³-hybridized carbons (Fsp3) is 0.480. The maximum absolute atomic E-state index is 13.6. The van der Waals surface area contributed by atoms with E-state index in [0.717, 1.165) is 56.3 Å². The van der Waals surface area contributed by atoms with Crippen LogP contribution in [0.3, 0.4) is 0 Å². The summed E-state index contributed by atoms with van der Waals surface area (Å²) in [5, 5.41) is 0. The van der Waals surface area contributed by atoms with E-state index in [-0.39, 0.29) is 16.8 Å². The Morgan fingerprint density at radius 1 is 0.906 bits per heavy atom. The molecule has 4 rings (SSSR count). The average molecular weight is 457 g/mol. The molecule has 2 aliphatic heterocycles. The molecule has 0 aromatic heterocycles. The molecule has 2 fully saturated rings. The number of amides is 1. The number of methoxy groups -OCH3 is 1. The molecule has 0 N–H and O–H groups in total. The van der Waals surface area contributed by atoms with E-state index in [0.29, 0.717) is 25.2 Å². The van der Waals surface area contributed by atoms with E-state index in [1.54, 1.807) is 35.7 Å². The van der Waals surface area contributed by atoms with Gasteiger partial charge in [-0.3, -0.25) is 4.79 Å². The van der Waals surface area contributed by atoms with Crippen LogP contribution in [0.15, 0.2) is 53.4 Å². The van der Waals surface area contributed by atoms with Crippen molar-refractivity contribution in [1.29, 1.82) is 0 Å². The van der Waals surface area contributed by atoms with Gasteiger partial charge in [0.05, 0.1) is 18.0 Å². The first kappa shape index (κ1) is 22.8. The normalized spacial score (nSPS) is 20.5. The Labute approximate surface area is 191 Å². The minimum absolute atomic E-state index is 0.0294. The Kier molecular flexibility index (Phi) is 7.16. The third kappa shape index (κ3) is 4.84. The summed E-state index contributed by atoms with van der Waals surface area (Å²) in [6.45, 7) is 1.76. The van der Waals surface area contributed by atoms with Crippen LogP contribution in [0, 0.1) is 0 Å². The molecule has 7 heteroatoms. The van der Waals surface area contributed by atoms with Crippen molar-refractivity contribution in [2.75, 3.05) is 26.7 Å². The second kappa shape index (κ2) is 10.0. The minimum Gasteiger partial charge on any atom is -0.497 e. The summed E-state index contributed by atoms with van der Waals surface area (Å²) in [6.07, 6.45) is 6.81. The molecule has 0 spiro atoms. The molecule has 0 aliphatic carbocycles. The first-order chi connectivity index (χ1) is 15.5. The minimum atomic E-state index is -3.58. The Balaban J connectivity index is 1.62. The molecule has 172 valence electrons. The zero-order valence-corrected chi connectivity index (χ0v) is 19.5. The molecule has 2 heterocycles. The number of carbonyl (C=O) groups is 1. The van der Waals surface area contributed by atoms with Gasteiger partial charge in [0.15, 0.2) is 0 Å². The maximum atomic E-state index is 13.6. The quantitative estimate of drug-likeness (QED) is 0.658. The molecule has 32 heavy (non-hydrogen) atoms. The van der Waals surface area contributed by atoms with Crippen LogP contribution in [0.2, 0.25) is 0 Å². The Bertz CT molecular complexity index is 1030. The first-order valence-corrected chi connectivity index (χ1v) is 13.0. The fourth-order valence-corrected chi connectivity index (χ4v) is 6.30. The van der Waals surface area contributed by atoms with Gasteiger partial charge in [0.25, 0.3) is 5.91 Å². The highest BCUT2D eigenvalue weighted by Gasteiger charge is 2.30. The Morgan fingerprint density at radius 3 is 2.31 bits per heavy atom. The van der Waals surface area contributed by atoms with E-state index < -0.39 is 10.0 Å². The third-order valence-electron chi connectivity index (χ3n) is 6.55. The molecule has 2 saturated heterocycles. The third-order valence-corrected chi connectivity index (χ3v) is 8.44. The van der Waals surface area contributed by atoms with Crippen molar-refractivity contribution < 1.29 is 17.9 Å². The van der Waals surface area contributed by atoms with Gasteiger partial charge in [-0.25, -0.2) is 8.42 Å². The van der Waals surface area contributed by atoms with Crippen molar-refractivity contribution >= 4 is 15.9 Å². The summed E-state index contributed by atoms with van der Waals surface area (Å²) in [7, 11) is -1.94. The monoisotopic (exact) mass is 456 g/mol. The lowest BCUT2D eigenvalue weighted by atomic mass is 10.00. The second-order valence-corrected chi connectivity index (χ2v) is 10.6. The molecule has 2 aromatic rings. The lowest BCUT2D eigenvalue weighted by Gasteiger charge is -2.31. The molecule has 0 radical (unpaired) electrons. The number of piperidine rings is 1. The number of carbonyl (C=O) groups excluding carboxylic acids is 1. The number of hydrogen-bond acceptors (Lipinski definition) is 4. The molecular formula is C25H32N2O4S. The van der Waals surface area contributed by atoms with Crippen LogP contribution >= 0.6 is 0 Å². The number of nitrogens with zero attached hydrogens (tertiary/aromatic N) is 2. The van der Waals surface area contributed by atoms with Gasteiger partial charge in [0, 0.05) is 25.2 Å². The van der Waals surface area contributed by atoms with E-state index >= 15 is 0 Å². The van der Waals surface area contributed by atoms with Gasteiger partial charge >= 0.3 is 0 Å². The van der Waals surface area contributed by atoms with Crippen LogP contribution in [-0.4, -0.2) is 50.3 Å². The van der Waals surface area contributed by atoms with E-state index in [1.165, 1.54) is 0 Å². The van der Waals surface area contributed by atoms with E-state index in [1.807, 2.05) is 29.2 Å². The summed E-state index contributed by atoms with van der Waals surface area (Å²) in [5.74, 6) is 0.680. The first-order valence-electron chi connectivity index (χ1n) is 11.6. The number of hydrogen-bond donors (Lipinski definition) is 0. The summed E-state index contributed by atoms with van der Waals surface area (Å²) in [4.78, 5) is 15.7. The number of likely N-dealkylation sites (tertiary alicyclic amines) is 1. The van der Waals surface area contributed by atoms with Crippen molar-refractivity contribution in [2.45, 2.75) is 55.9 Å². The fourth-order valence-electron chi connectivity index (χ4n) is 4.73. The summed E-state index contributed by atoms with van der Waals surface area (Å²) in [5.41, 5.74) is 1.52. The standard InChI is InChI=1S/C25H32N2O4S/c1-31-22-14-12-20(13-15-22)24-11-4-2-7-18-27(24)25(28)21-9-8-10-23(19-21)32(29,30)26-16-5-3-6-17-26/h8-10,12-15,19,24H,2-7,11,16-18H2,1H3. The summed E-state index contributed by atoms with van der Waals surface area (Å²) in [6, 6.07) is 14.4. The number of benzene rings is 2. The van der Waals surface area contributed by atoms with Gasteiger partial charge in [-0.1, -0.05) is 37.5 Å². The van der Waals surface area contributed by atoms with Gasteiger partial charge in [0.1, 0.15) is 5.75 Å². The van der Waals surface area contributed by atoms with Gasteiger partial charge in [-0.15, -0.1) is 0 Å². The predicted octanol–water partition coefficient (Wildman–Crippen LogP) is 4.63. The maximum Gasteiger partial charge on any atom is 0.254 e. The molecule has 1 unspecified atom stereocenters. The molecule has 2 aromatic carbocycles. The van der Waals surface area contributed by atoms with Crippen molar-refractivity contribution in [3.05, 3.63) is 59.7 Å². The Morgan fingerprint density at radius 2 is 1.59 bits per heavy atom. The van der Waals surface area contributed by atoms with Crippen LogP contribution in [0.25, 0.3) is 0 Å². The summed E-state index contributed by atoms with van der Waals surface area (Å²) < 4.78 is 33.1. The van der Waals surface area contributed by atoms with Gasteiger partial charge < -0.3 is 9.64 Å². The lowest BCUT2D eigenvalue weighted by molar-refractivity contribution is 0.0680. The predicted molar refractivity (Wildman–Crippen MR) is 124 cm³/mol. The lowest BCUT2D eigenvalue weighted by Crippen LogP contribution is -2.36. The number of rotatable bonds is 5. The molecule has 0 bridgehead atoms. The molecular weight excluding hydrogens is 424 g/mol. The number of ether oxygens (including phenoxy) is 1. The molecule has 2 aliphatic rings. The topological polar surface area (TPSA) is 66.9 Å². The number of sulfonamides is 1. The van der Waals surface area contributed by atoms with Gasteiger partial charge in [0.2, 0.25) is 10.0 Å². The van der Waals surface area contributed by atoms with E-state index in [4.69, 9.17) is 4.74 Å². The molecule has 6 nitrogen and oxygen atoms in total. The van der Waals surface area contributed by atoms with Gasteiger partial charge in [-0.05, 0) is 61.6 Å². The van der Waals surface area contributed by atoms with Gasteiger partial charge in [-0.2, -0.15) is 4.31 Å². The second-order valence-electron chi connectivity index (χ2n) is 8.63. The highest BCUT2D eigenvalue weighted by Crippen LogP contribution is 2.33. The van der Waals surface area contributed by atoms with Crippen molar-refractivity contribution in [3.8, 4) is 5.75 Å². The van der Waals surface area contributed by atoms with Crippen LogP contribution in [0.4, 0.5) is 0 Å². The highest BCUT2D eigenvalue weighted by molar-refractivity contribution is 7.89. The van der Waals surface area contributed by atoms with Crippen LogP contribution in [-0.2, 0) is 10.0 Å². The van der Waals surface area contributed by atoms with Crippen molar-refractivity contribution in [1.82, 2.24) is 9.21 Å². The highest BCUT2D eigenvalue weighted by atomic mass is 32.2. The zero-order chi connectivity index (χ0) is 22.6. The van der Waals surface area contributed by atoms with Crippen LogP contribution in [0.5, 0.6) is 5.75 Å². The largest absolute Gasteiger partial charge is 0.497 e. The summed E-state index contributed by atoms with van der Waals surface area (Å²) >= 11 is 0. The van der Waals surface area contributed by atoms with E-state index in [2.05, 4.69) is 0 Å². The molecule has 1 atom stereocenters. The smallest absolute Gasteiger partial charge is 0.254 e. The van der Waals surface area contributed by atoms with Crippen LogP contribution < -0.4 is 4.74 Å². The van der Waals surface area contributed by atoms with Crippen molar-refractivity contribution in [3.63, 3.8) is 0 Å². The average Bonchev–Trinajstić information content (AvgIpc) is 3.10. The molecule has 1 amide bonds. The van der Waals surface area contributed by atoms with Crippen molar-refractivity contribution in [2.24, 2.45) is 0 Å². The zero-order valence-electron chi connectivity index (χ0n) is 18.7. The molecule has 0 saturated carbocycles. The van der Waals surface area contributed by atoms with Crippen LogP contribution in [0.1, 0.15) is 66.9 Å². The Hall–Kier alpha value is -2.38. The SMILES string of the molecule is COc1ccc(C2CCCCCN2C(=O)c2cccc(S(=O)(=O)N3CCCCC3)c2)cc1.